The van der Waals surface area contributed by atoms with Crippen LogP contribution >= 0.6 is 23.2 Å². The van der Waals surface area contributed by atoms with Crippen LogP contribution in [0.15, 0.2) is 66.7 Å². The van der Waals surface area contributed by atoms with Gasteiger partial charge in [-0.05, 0) is 47.9 Å². The van der Waals surface area contributed by atoms with Crippen molar-refractivity contribution in [1.29, 1.82) is 0 Å². The SMILES string of the molecule is CCC(CNCc1ccccc1)NC(O)C(=O)NC(CNC(=O)c1cc(C(F)(F)F)cc(C(F)(F)F)c1)c1ccc(Cl)c(Cl)c1. The predicted octanol–water partition coefficient (Wildman–Crippen LogP) is 6.09. The summed E-state index contributed by atoms with van der Waals surface area (Å²) in [6.45, 7) is 2.30. The third-order valence-electron chi connectivity index (χ3n) is 6.68. The topological polar surface area (TPSA) is 102 Å². The number of halogens is 8. The first kappa shape index (κ1) is 36.1. The lowest BCUT2D eigenvalue weighted by atomic mass is 10.0. The molecule has 3 aromatic rings. The standard InChI is InChI=1S/C30H30Cl2F6N4O3/c1-2-22(15-39-14-17-6-4-3-5-7-17)41-27(44)28(45)42-25(18-8-9-23(31)24(32)12-18)16-40-26(43)19-10-20(29(33,34)35)13-21(11-19)30(36,37)38/h3-13,22,25,27,39,41,44H,2,14-16H2,1H3,(H,40,43)(H,42,45). The molecule has 0 radical (unpaired) electrons. The molecule has 0 aliphatic carbocycles. The molecular formula is C30H30Cl2F6N4O3. The molecule has 15 heteroatoms. The van der Waals surface area contributed by atoms with Crippen LogP contribution in [0.3, 0.4) is 0 Å². The van der Waals surface area contributed by atoms with Gasteiger partial charge in [0.25, 0.3) is 11.8 Å². The van der Waals surface area contributed by atoms with E-state index in [1.165, 1.54) is 18.2 Å². The summed E-state index contributed by atoms with van der Waals surface area (Å²) in [6, 6.07) is 12.8. The summed E-state index contributed by atoms with van der Waals surface area (Å²) in [5.74, 6) is -2.18. The predicted molar refractivity (Wildman–Crippen MR) is 157 cm³/mol. The first-order chi connectivity index (χ1) is 21.1. The highest BCUT2D eigenvalue weighted by Gasteiger charge is 2.37. The van der Waals surface area contributed by atoms with Crippen molar-refractivity contribution in [3.8, 4) is 0 Å². The first-order valence-electron chi connectivity index (χ1n) is 13.6. The zero-order valence-electron chi connectivity index (χ0n) is 23.7. The average molecular weight is 679 g/mol. The molecule has 0 saturated heterocycles. The summed E-state index contributed by atoms with van der Waals surface area (Å²) >= 11 is 12.1. The van der Waals surface area contributed by atoms with Crippen molar-refractivity contribution in [1.82, 2.24) is 21.3 Å². The van der Waals surface area contributed by atoms with Gasteiger partial charge in [-0.3, -0.25) is 14.9 Å². The van der Waals surface area contributed by atoms with E-state index in [0.29, 0.717) is 31.6 Å². The number of aliphatic hydroxyl groups is 1. The van der Waals surface area contributed by atoms with E-state index in [1.807, 2.05) is 37.3 Å². The fourth-order valence-corrected chi connectivity index (χ4v) is 4.53. The molecule has 244 valence electrons. The fraction of sp³-hybridized carbons (Fsp3) is 0.333. The number of amides is 2. The number of benzene rings is 3. The summed E-state index contributed by atoms with van der Waals surface area (Å²) in [5.41, 5.74) is -2.89. The first-order valence-corrected chi connectivity index (χ1v) is 14.4. The van der Waals surface area contributed by atoms with Gasteiger partial charge < -0.3 is 21.1 Å². The maximum Gasteiger partial charge on any atom is 0.416 e. The molecule has 0 fully saturated rings. The van der Waals surface area contributed by atoms with Crippen molar-refractivity contribution in [3.05, 3.63) is 105 Å². The van der Waals surface area contributed by atoms with E-state index in [4.69, 9.17) is 23.2 Å². The summed E-state index contributed by atoms with van der Waals surface area (Å²) < 4.78 is 79.7. The number of aliphatic hydroxyl groups excluding tert-OH is 1. The van der Waals surface area contributed by atoms with Crippen molar-refractivity contribution < 1.29 is 41.0 Å². The van der Waals surface area contributed by atoms with Gasteiger partial charge in [-0.25, -0.2) is 0 Å². The highest BCUT2D eigenvalue weighted by atomic mass is 35.5. The number of rotatable bonds is 13. The lowest BCUT2D eigenvalue weighted by Gasteiger charge is -2.25. The van der Waals surface area contributed by atoms with Crippen molar-refractivity contribution in [2.45, 2.75) is 50.6 Å². The zero-order chi connectivity index (χ0) is 33.4. The molecule has 3 unspecified atom stereocenters. The lowest BCUT2D eigenvalue weighted by Crippen LogP contribution is -2.52. The van der Waals surface area contributed by atoms with E-state index in [-0.39, 0.29) is 27.7 Å². The molecule has 0 aliphatic heterocycles. The van der Waals surface area contributed by atoms with Crippen molar-refractivity contribution in [2.75, 3.05) is 13.1 Å². The Labute approximate surface area is 265 Å². The second kappa shape index (κ2) is 15.8. The Kier molecular flexibility index (Phi) is 12.7. The van der Waals surface area contributed by atoms with E-state index < -0.39 is 59.7 Å². The van der Waals surface area contributed by atoms with Crippen LogP contribution < -0.4 is 21.3 Å². The fourth-order valence-electron chi connectivity index (χ4n) is 4.22. The van der Waals surface area contributed by atoms with Crippen LogP contribution in [0.2, 0.25) is 10.0 Å². The number of hydrogen-bond donors (Lipinski definition) is 5. The van der Waals surface area contributed by atoms with Gasteiger partial charge >= 0.3 is 12.4 Å². The van der Waals surface area contributed by atoms with Crippen LogP contribution in [0.1, 0.15) is 52.0 Å². The molecule has 0 heterocycles. The second-order valence-electron chi connectivity index (χ2n) is 10.0. The summed E-state index contributed by atoms with van der Waals surface area (Å²) in [7, 11) is 0. The summed E-state index contributed by atoms with van der Waals surface area (Å²) in [6.07, 6.45) is -11.5. The van der Waals surface area contributed by atoms with Crippen molar-refractivity contribution in [3.63, 3.8) is 0 Å². The molecule has 45 heavy (non-hydrogen) atoms. The lowest BCUT2D eigenvalue weighted by molar-refractivity contribution is -0.143. The van der Waals surface area contributed by atoms with Crippen molar-refractivity contribution >= 4 is 35.0 Å². The van der Waals surface area contributed by atoms with Gasteiger partial charge in [0.15, 0.2) is 6.23 Å². The van der Waals surface area contributed by atoms with Gasteiger partial charge in [0.1, 0.15) is 0 Å². The maximum atomic E-state index is 13.3. The molecule has 0 saturated carbocycles. The van der Waals surface area contributed by atoms with Crippen LogP contribution in [0.4, 0.5) is 26.3 Å². The monoisotopic (exact) mass is 678 g/mol. The third-order valence-corrected chi connectivity index (χ3v) is 7.42. The largest absolute Gasteiger partial charge is 0.416 e. The Bertz CT molecular complexity index is 1430. The molecule has 3 atom stereocenters. The normalized spacial score (nSPS) is 14.0. The van der Waals surface area contributed by atoms with E-state index in [9.17, 15) is 41.0 Å². The molecule has 0 bridgehead atoms. The van der Waals surface area contributed by atoms with Crippen LogP contribution in [-0.2, 0) is 23.7 Å². The van der Waals surface area contributed by atoms with E-state index in [0.717, 1.165) is 5.56 Å². The van der Waals surface area contributed by atoms with Gasteiger partial charge in [0, 0.05) is 31.2 Å². The molecular weight excluding hydrogens is 649 g/mol. The number of hydrogen-bond acceptors (Lipinski definition) is 5. The second-order valence-corrected chi connectivity index (χ2v) is 10.8. The smallest absolute Gasteiger partial charge is 0.370 e. The molecule has 3 aromatic carbocycles. The third kappa shape index (κ3) is 10.9. The quantitative estimate of drug-likeness (QED) is 0.111. The van der Waals surface area contributed by atoms with Crippen molar-refractivity contribution in [2.24, 2.45) is 0 Å². The van der Waals surface area contributed by atoms with Gasteiger partial charge in [-0.1, -0.05) is 66.5 Å². The van der Waals surface area contributed by atoms with Crippen LogP contribution in [0.25, 0.3) is 0 Å². The maximum absolute atomic E-state index is 13.3. The number of carbonyl (C=O) groups is 2. The minimum Gasteiger partial charge on any atom is -0.370 e. The Balaban J connectivity index is 1.74. The molecule has 0 spiro atoms. The number of nitrogens with one attached hydrogen (secondary N) is 4. The Morgan fingerprint density at radius 2 is 1.47 bits per heavy atom. The van der Waals surface area contributed by atoms with E-state index in [1.54, 1.807) is 0 Å². The van der Waals surface area contributed by atoms with Crippen LogP contribution in [-0.4, -0.2) is 42.3 Å². The summed E-state index contributed by atoms with van der Waals surface area (Å²) in [5, 5.41) is 21.6. The number of alkyl halides is 6. The number of carbonyl (C=O) groups excluding carboxylic acids is 2. The average Bonchev–Trinajstić information content (AvgIpc) is 2.99. The highest BCUT2D eigenvalue weighted by molar-refractivity contribution is 6.42. The molecule has 7 nitrogen and oxygen atoms in total. The Morgan fingerprint density at radius 3 is 2.02 bits per heavy atom. The highest BCUT2D eigenvalue weighted by Crippen LogP contribution is 2.36. The molecule has 0 aliphatic rings. The minimum absolute atomic E-state index is 0.0710. The van der Waals surface area contributed by atoms with E-state index >= 15 is 0 Å². The Morgan fingerprint density at radius 1 is 0.844 bits per heavy atom. The van der Waals surface area contributed by atoms with Crippen LogP contribution in [0, 0.1) is 0 Å². The molecule has 3 rings (SSSR count). The molecule has 0 aromatic heterocycles. The van der Waals surface area contributed by atoms with E-state index in [2.05, 4.69) is 21.3 Å². The summed E-state index contributed by atoms with van der Waals surface area (Å²) in [4.78, 5) is 25.8. The van der Waals surface area contributed by atoms with Crippen LogP contribution in [0.5, 0.6) is 0 Å². The zero-order valence-corrected chi connectivity index (χ0v) is 25.2. The van der Waals surface area contributed by atoms with Gasteiger partial charge in [-0.15, -0.1) is 0 Å². The minimum atomic E-state index is -5.15. The van der Waals surface area contributed by atoms with Gasteiger partial charge in [-0.2, -0.15) is 26.3 Å². The van der Waals surface area contributed by atoms with Gasteiger partial charge in [0.2, 0.25) is 0 Å². The molecule has 2 amide bonds. The Hall–Kier alpha value is -3.36. The van der Waals surface area contributed by atoms with Gasteiger partial charge in [0.05, 0.1) is 27.2 Å². The molecule has 5 N–H and O–H groups in total.